The van der Waals surface area contributed by atoms with Crippen molar-refractivity contribution in [2.75, 3.05) is 5.75 Å². The van der Waals surface area contributed by atoms with Crippen LogP contribution in [0, 0.1) is 0 Å². The summed E-state index contributed by atoms with van der Waals surface area (Å²) in [5, 5.41) is 9.54. The lowest BCUT2D eigenvalue weighted by Crippen LogP contribution is -1.93. The zero-order valence-electron chi connectivity index (χ0n) is 8.16. The van der Waals surface area contributed by atoms with Gasteiger partial charge in [-0.3, -0.25) is 0 Å². The van der Waals surface area contributed by atoms with Gasteiger partial charge < -0.3 is 5.11 Å². The van der Waals surface area contributed by atoms with E-state index < -0.39 is 0 Å². The van der Waals surface area contributed by atoms with Crippen LogP contribution in [0.25, 0.3) is 0 Å². The minimum absolute atomic E-state index is 0.305. The van der Waals surface area contributed by atoms with E-state index in [0.717, 1.165) is 17.7 Å². The average molecular weight is 196 g/mol. The maximum absolute atomic E-state index is 9.54. The van der Waals surface area contributed by atoms with Gasteiger partial charge in [0.2, 0.25) is 0 Å². The normalized spacial score (nSPS) is 12.8. The molecule has 1 aromatic rings. The Kier molecular flexibility index (Phi) is 4.33. The predicted molar refractivity (Wildman–Crippen MR) is 58.1 cm³/mol. The summed E-state index contributed by atoms with van der Waals surface area (Å²) in [6.45, 7) is 4.12. The Hall–Kier alpha value is -0.470. The SMILES string of the molecule is CCSc1ccc([C@H](O)CC)cc1. The van der Waals surface area contributed by atoms with Crippen molar-refractivity contribution in [3.63, 3.8) is 0 Å². The summed E-state index contributed by atoms with van der Waals surface area (Å²) in [7, 11) is 0. The molecule has 0 bridgehead atoms. The van der Waals surface area contributed by atoms with Gasteiger partial charge in [-0.25, -0.2) is 0 Å². The zero-order valence-corrected chi connectivity index (χ0v) is 8.97. The van der Waals surface area contributed by atoms with Crippen LogP contribution < -0.4 is 0 Å². The number of thioether (sulfide) groups is 1. The summed E-state index contributed by atoms with van der Waals surface area (Å²) < 4.78 is 0. The van der Waals surface area contributed by atoms with E-state index in [1.807, 2.05) is 30.8 Å². The summed E-state index contributed by atoms with van der Waals surface area (Å²) in [6, 6.07) is 8.16. The molecule has 2 heteroatoms. The Morgan fingerprint density at radius 3 is 2.31 bits per heavy atom. The van der Waals surface area contributed by atoms with Crippen molar-refractivity contribution >= 4 is 11.8 Å². The van der Waals surface area contributed by atoms with Gasteiger partial charge in [0.1, 0.15) is 0 Å². The topological polar surface area (TPSA) is 20.2 Å². The summed E-state index contributed by atoms with van der Waals surface area (Å²) in [6.07, 6.45) is 0.473. The number of hydrogen-bond acceptors (Lipinski definition) is 2. The second-order valence-corrected chi connectivity index (χ2v) is 4.26. The van der Waals surface area contributed by atoms with Crippen molar-refractivity contribution in [1.82, 2.24) is 0 Å². The van der Waals surface area contributed by atoms with Crippen molar-refractivity contribution in [1.29, 1.82) is 0 Å². The molecule has 72 valence electrons. The molecule has 0 radical (unpaired) electrons. The minimum atomic E-state index is -0.305. The highest BCUT2D eigenvalue weighted by molar-refractivity contribution is 7.99. The van der Waals surface area contributed by atoms with Crippen molar-refractivity contribution < 1.29 is 5.11 Å². The van der Waals surface area contributed by atoms with Crippen LogP contribution in [-0.4, -0.2) is 10.9 Å². The molecule has 0 amide bonds. The molecule has 0 heterocycles. The molecule has 1 atom stereocenters. The van der Waals surface area contributed by atoms with Crippen LogP contribution in [0.4, 0.5) is 0 Å². The first-order valence-corrected chi connectivity index (χ1v) is 5.67. The third-order valence-electron chi connectivity index (χ3n) is 1.96. The van der Waals surface area contributed by atoms with E-state index >= 15 is 0 Å². The molecule has 13 heavy (non-hydrogen) atoms. The van der Waals surface area contributed by atoms with Gasteiger partial charge >= 0.3 is 0 Å². The first-order chi connectivity index (χ1) is 6.27. The molecular formula is C11H16OS. The van der Waals surface area contributed by atoms with Gasteiger partial charge in [-0.2, -0.15) is 0 Å². The predicted octanol–water partition coefficient (Wildman–Crippen LogP) is 3.24. The average Bonchev–Trinajstić information content (AvgIpc) is 2.18. The molecule has 1 rings (SSSR count). The third kappa shape index (κ3) is 3.05. The van der Waals surface area contributed by atoms with Crippen molar-refractivity contribution in [2.24, 2.45) is 0 Å². The molecule has 1 aromatic carbocycles. The number of aliphatic hydroxyl groups excluding tert-OH is 1. The van der Waals surface area contributed by atoms with E-state index in [4.69, 9.17) is 0 Å². The molecule has 0 aliphatic rings. The molecule has 0 aliphatic carbocycles. The smallest absolute Gasteiger partial charge is 0.0787 e. The zero-order chi connectivity index (χ0) is 9.68. The third-order valence-corrected chi connectivity index (χ3v) is 2.86. The van der Waals surface area contributed by atoms with Crippen molar-refractivity contribution in [2.45, 2.75) is 31.3 Å². The Balaban J connectivity index is 2.69. The first kappa shape index (κ1) is 10.6. The van der Waals surface area contributed by atoms with Crippen LogP contribution in [0.1, 0.15) is 31.9 Å². The summed E-state index contributed by atoms with van der Waals surface area (Å²) in [5.41, 5.74) is 1.02. The maximum atomic E-state index is 9.54. The first-order valence-electron chi connectivity index (χ1n) is 4.68. The van der Waals surface area contributed by atoms with Gasteiger partial charge in [0.25, 0.3) is 0 Å². The summed E-state index contributed by atoms with van der Waals surface area (Å²) >= 11 is 1.82. The van der Waals surface area contributed by atoms with E-state index in [2.05, 4.69) is 19.1 Å². The fraction of sp³-hybridized carbons (Fsp3) is 0.455. The van der Waals surface area contributed by atoms with Crippen molar-refractivity contribution in [3.05, 3.63) is 29.8 Å². The van der Waals surface area contributed by atoms with Crippen LogP contribution in [0.5, 0.6) is 0 Å². The van der Waals surface area contributed by atoms with Gasteiger partial charge in [0.05, 0.1) is 6.10 Å². The number of rotatable bonds is 4. The molecule has 0 unspecified atom stereocenters. The van der Waals surface area contributed by atoms with E-state index in [-0.39, 0.29) is 6.10 Å². The Labute approximate surface area is 84.2 Å². The van der Waals surface area contributed by atoms with Gasteiger partial charge in [-0.1, -0.05) is 26.0 Å². The van der Waals surface area contributed by atoms with Gasteiger partial charge in [-0.05, 0) is 29.9 Å². The molecule has 0 aliphatic heterocycles. The van der Waals surface area contributed by atoms with Gasteiger partial charge in [-0.15, -0.1) is 11.8 Å². The highest BCUT2D eigenvalue weighted by Gasteiger charge is 2.03. The van der Waals surface area contributed by atoms with Crippen LogP contribution in [0.2, 0.25) is 0 Å². The molecule has 0 fully saturated rings. The second-order valence-electron chi connectivity index (χ2n) is 2.93. The van der Waals surface area contributed by atoms with Gasteiger partial charge in [0.15, 0.2) is 0 Å². The summed E-state index contributed by atoms with van der Waals surface area (Å²) in [5.74, 6) is 1.09. The number of benzene rings is 1. The monoisotopic (exact) mass is 196 g/mol. The fourth-order valence-electron chi connectivity index (χ4n) is 1.19. The molecule has 1 N–H and O–H groups in total. The Bertz CT molecular complexity index is 243. The fourth-order valence-corrected chi connectivity index (χ4v) is 1.85. The molecule has 1 nitrogen and oxygen atoms in total. The maximum Gasteiger partial charge on any atom is 0.0787 e. The van der Waals surface area contributed by atoms with E-state index in [1.165, 1.54) is 4.90 Å². The number of aliphatic hydroxyl groups is 1. The van der Waals surface area contributed by atoms with E-state index in [1.54, 1.807) is 0 Å². The summed E-state index contributed by atoms with van der Waals surface area (Å²) in [4.78, 5) is 1.27. The van der Waals surface area contributed by atoms with Crippen LogP contribution >= 0.6 is 11.8 Å². The molecule has 0 saturated heterocycles. The molecule has 0 saturated carbocycles. The highest BCUT2D eigenvalue weighted by atomic mass is 32.2. The van der Waals surface area contributed by atoms with Crippen LogP contribution in [-0.2, 0) is 0 Å². The number of hydrogen-bond donors (Lipinski definition) is 1. The van der Waals surface area contributed by atoms with Crippen molar-refractivity contribution in [3.8, 4) is 0 Å². The lowest BCUT2D eigenvalue weighted by molar-refractivity contribution is 0.173. The molecule has 0 spiro atoms. The molecular weight excluding hydrogens is 180 g/mol. The Morgan fingerprint density at radius 2 is 1.85 bits per heavy atom. The quantitative estimate of drug-likeness (QED) is 0.746. The Morgan fingerprint density at radius 1 is 1.23 bits per heavy atom. The van der Waals surface area contributed by atoms with Crippen LogP contribution in [0.3, 0.4) is 0 Å². The minimum Gasteiger partial charge on any atom is -0.388 e. The van der Waals surface area contributed by atoms with Gasteiger partial charge in [0, 0.05) is 4.90 Å². The van der Waals surface area contributed by atoms with E-state index in [0.29, 0.717) is 0 Å². The lowest BCUT2D eigenvalue weighted by atomic mass is 10.1. The van der Waals surface area contributed by atoms with Crippen LogP contribution in [0.15, 0.2) is 29.2 Å². The second kappa shape index (κ2) is 5.30. The largest absolute Gasteiger partial charge is 0.388 e. The highest BCUT2D eigenvalue weighted by Crippen LogP contribution is 2.21. The standard InChI is InChI=1S/C11H16OS/c1-3-11(12)9-5-7-10(8-6-9)13-4-2/h5-8,11-12H,3-4H2,1-2H3/t11-/m1/s1. The lowest BCUT2D eigenvalue weighted by Gasteiger charge is -2.08. The van der Waals surface area contributed by atoms with E-state index in [9.17, 15) is 5.11 Å². The molecule has 0 aromatic heterocycles.